The standard InChI is InChI=1S/C17H14BrF3N2O3/c1-2-26-14-7-10(6-13(18)15(14)24)9-22-23-16(25)11-4-3-5-12(8-11)17(19,20)21/h3-9,24H,2H2,1H3,(H,23,25)/b22-9-. The third-order valence-corrected chi connectivity index (χ3v) is 3.79. The fourth-order valence-corrected chi connectivity index (χ4v) is 2.46. The molecule has 9 heteroatoms. The van der Waals surface area contributed by atoms with Crippen molar-refractivity contribution >= 4 is 28.1 Å². The number of phenolic OH excluding ortho intramolecular Hbond substituents is 1. The van der Waals surface area contributed by atoms with E-state index in [1.807, 2.05) is 0 Å². The Hall–Kier alpha value is -2.55. The van der Waals surface area contributed by atoms with Crippen LogP contribution in [0.25, 0.3) is 0 Å². The molecule has 2 rings (SSSR count). The van der Waals surface area contributed by atoms with Gasteiger partial charge in [-0.3, -0.25) is 4.79 Å². The zero-order valence-electron chi connectivity index (χ0n) is 13.5. The van der Waals surface area contributed by atoms with Crippen LogP contribution in [-0.2, 0) is 6.18 Å². The Morgan fingerprint density at radius 3 is 2.73 bits per heavy atom. The van der Waals surface area contributed by atoms with Gasteiger partial charge in [-0.15, -0.1) is 0 Å². The van der Waals surface area contributed by atoms with Crippen LogP contribution in [0.1, 0.15) is 28.4 Å². The number of carbonyl (C=O) groups is 1. The number of carbonyl (C=O) groups excluding carboxylic acids is 1. The molecule has 0 saturated heterocycles. The molecule has 0 spiro atoms. The van der Waals surface area contributed by atoms with E-state index in [9.17, 15) is 23.1 Å². The number of rotatable bonds is 5. The summed E-state index contributed by atoms with van der Waals surface area (Å²) < 4.78 is 43.7. The van der Waals surface area contributed by atoms with Crippen LogP contribution in [0, 0.1) is 0 Å². The minimum Gasteiger partial charge on any atom is -0.503 e. The molecule has 0 aromatic heterocycles. The maximum Gasteiger partial charge on any atom is 0.416 e. The van der Waals surface area contributed by atoms with Crippen LogP contribution < -0.4 is 10.2 Å². The Morgan fingerprint density at radius 2 is 2.08 bits per heavy atom. The van der Waals surface area contributed by atoms with Gasteiger partial charge in [-0.1, -0.05) is 6.07 Å². The number of nitrogens with one attached hydrogen (secondary N) is 1. The van der Waals surface area contributed by atoms with Crippen LogP contribution in [0.2, 0.25) is 0 Å². The highest BCUT2D eigenvalue weighted by Crippen LogP contribution is 2.35. The van der Waals surface area contributed by atoms with Gasteiger partial charge >= 0.3 is 6.18 Å². The van der Waals surface area contributed by atoms with Crippen LogP contribution >= 0.6 is 15.9 Å². The van der Waals surface area contributed by atoms with E-state index in [1.54, 1.807) is 6.92 Å². The summed E-state index contributed by atoms with van der Waals surface area (Å²) in [5, 5.41) is 13.5. The molecule has 0 atom stereocenters. The van der Waals surface area contributed by atoms with Gasteiger partial charge in [0.25, 0.3) is 5.91 Å². The first-order valence-corrected chi connectivity index (χ1v) is 8.17. The first-order chi connectivity index (χ1) is 12.2. The molecule has 2 N–H and O–H groups in total. The number of aromatic hydroxyl groups is 1. The smallest absolute Gasteiger partial charge is 0.416 e. The van der Waals surface area contributed by atoms with Gasteiger partial charge in [0, 0.05) is 5.56 Å². The maximum absolute atomic E-state index is 12.7. The lowest BCUT2D eigenvalue weighted by Crippen LogP contribution is -2.18. The molecular weight excluding hydrogens is 417 g/mol. The Kier molecular flexibility index (Phi) is 6.25. The number of phenols is 1. The average Bonchev–Trinajstić information content (AvgIpc) is 2.58. The summed E-state index contributed by atoms with van der Waals surface area (Å²) in [6.07, 6.45) is -3.26. The molecule has 0 saturated carbocycles. The third kappa shape index (κ3) is 4.98. The van der Waals surface area contributed by atoms with Crippen molar-refractivity contribution in [3.05, 3.63) is 57.6 Å². The molecule has 0 aliphatic rings. The molecule has 0 aliphatic heterocycles. The number of benzene rings is 2. The highest BCUT2D eigenvalue weighted by Gasteiger charge is 2.30. The van der Waals surface area contributed by atoms with Gasteiger partial charge in [0.15, 0.2) is 11.5 Å². The summed E-state index contributed by atoms with van der Waals surface area (Å²) in [7, 11) is 0. The molecule has 5 nitrogen and oxygen atoms in total. The molecule has 26 heavy (non-hydrogen) atoms. The fraction of sp³-hybridized carbons (Fsp3) is 0.176. The van der Waals surface area contributed by atoms with Crippen LogP contribution in [0.3, 0.4) is 0 Å². The van der Waals surface area contributed by atoms with Crippen molar-refractivity contribution in [2.24, 2.45) is 5.10 Å². The van der Waals surface area contributed by atoms with Gasteiger partial charge in [0.05, 0.1) is 22.9 Å². The Labute approximate surface area is 155 Å². The number of amides is 1. The van der Waals surface area contributed by atoms with Crippen molar-refractivity contribution in [2.75, 3.05) is 6.61 Å². The summed E-state index contributed by atoms with van der Waals surface area (Å²) in [4.78, 5) is 11.9. The Morgan fingerprint density at radius 1 is 1.35 bits per heavy atom. The number of hydrogen-bond acceptors (Lipinski definition) is 4. The molecule has 1 amide bonds. The van der Waals surface area contributed by atoms with E-state index in [4.69, 9.17) is 4.74 Å². The molecule has 2 aromatic carbocycles. The second-order valence-corrected chi connectivity index (χ2v) is 5.91. The van der Waals surface area contributed by atoms with Crippen LogP contribution in [0.15, 0.2) is 46.0 Å². The van der Waals surface area contributed by atoms with E-state index < -0.39 is 17.6 Å². The minimum atomic E-state index is -4.53. The summed E-state index contributed by atoms with van der Waals surface area (Å²) >= 11 is 3.17. The van der Waals surface area contributed by atoms with Crippen molar-refractivity contribution in [3.63, 3.8) is 0 Å². The van der Waals surface area contributed by atoms with Gasteiger partial charge in [-0.05, 0) is 58.7 Å². The topological polar surface area (TPSA) is 70.9 Å². The van der Waals surface area contributed by atoms with Gasteiger partial charge < -0.3 is 9.84 Å². The zero-order chi connectivity index (χ0) is 19.3. The quantitative estimate of drug-likeness (QED) is 0.547. The van der Waals surface area contributed by atoms with Crippen LogP contribution in [0.5, 0.6) is 11.5 Å². The summed E-state index contributed by atoms with van der Waals surface area (Å²) in [5.41, 5.74) is 1.57. The molecule has 2 aromatic rings. The lowest BCUT2D eigenvalue weighted by atomic mass is 10.1. The van der Waals surface area contributed by atoms with Crippen LogP contribution in [-0.4, -0.2) is 23.8 Å². The molecule has 138 valence electrons. The highest BCUT2D eigenvalue weighted by molar-refractivity contribution is 9.10. The van der Waals surface area contributed by atoms with Crippen molar-refractivity contribution in [2.45, 2.75) is 13.1 Å². The second kappa shape index (κ2) is 8.22. The van der Waals surface area contributed by atoms with E-state index in [0.29, 0.717) is 16.6 Å². The van der Waals surface area contributed by atoms with Crippen molar-refractivity contribution in [1.29, 1.82) is 0 Å². The first-order valence-electron chi connectivity index (χ1n) is 7.38. The Balaban J connectivity index is 2.12. The monoisotopic (exact) mass is 430 g/mol. The summed E-state index contributed by atoms with van der Waals surface area (Å²) in [5.74, 6) is -0.625. The number of nitrogens with zero attached hydrogens (tertiary/aromatic N) is 1. The molecule has 0 unspecified atom stereocenters. The lowest BCUT2D eigenvalue weighted by molar-refractivity contribution is -0.137. The largest absolute Gasteiger partial charge is 0.503 e. The average molecular weight is 431 g/mol. The van der Waals surface area contributed by atoms with Crippen LogP contribution in [0.4, 0.5) is 13.2 Å². The van der Waals surface area contributed by atoms with E-state index in [0.717, 1.165) is 18.2 Å². The van der Waals surface area contributed by atoms with Gasteiger partial charge in [-0.25, -0.2) is 5.43 Å². The summed E-state index contributed by atoms with van der Waals surface area (Å²) in [6.45, 7) is 2.09. The molecule has 0 radical (unpaired) electrons. The van der Waals surface area contributed by atoms with E-state index >= 15 is 0 Å². The third-order valence-electron chi connectivity index (χ3n) is 3.18. The number of hydrogen-bond donors (Lipinski definition) is 2. The highest BCUT2D eigenvalue weighted by atomic mass is 79.9. The van der Waals surface area contributed by atoms with Crippen molar-refractivity contribution in [1.82, 2.24) is 5.43 Å². The predicted molar refractivity (Wildman–Crippen MR) is 93.5 cm³/mol. The lowest BCUT2D eigenvalue weighted by Gasteiger charge is -2.08. The van der Waals surface area contributed by atoms with Crippen molar-refractivity contribution < 1.29 is 27.8 Å². The molecular formula is C17H14BrF3N2O3. The molecule has 0 heterocycles. The maximum atomic E-state index is 12.7. The number of hydrazone groups is 1. The van der Waals surface area contributed by atoms with E-state index in [-0.39, 0.29) is 17.1 Å². The minimum absolute atomic E-state index is 0.0722. The van der Waals surface area contributed by atoms with Crippen molar-refractivity contribution in [3.8, 4) is 11.5 Å². The number of ether oxygens (including phenoxy) is 1. The van der Waals surface area contributed by atoms with Gasteiger partial charge in [0.1, 0.15) is 0 Å². The van der Waals surface area contributed by atoms with E-state index in [1.165, 1.54) is 24.4 Å². The summed E-state index contributed by atoms with van der Waals surface area (Å²) in [6, 6.07) is 7.07. The number of alkyl halides is 3. The first kappa shape index (κ1) is 19.8. The predicted octanol–water partition coefficient (Wildman–Crippen LogP) is 4.34. The second-order valence-electron chi connectivity index (χ2n) is 5.06. The normalized spacial score (nSPS) is 11.6. The molecule has 0 bridgehead atoms. The fourth-order valence-electron chi connectivity index (χ4n) is 2.00. The SMILES string of the molecule is CCOc1cc(/C=N\NC(=O)c2cccc(C(F)(F)F)c2)cc(Br)c1O. The van der Waals surface area contributed by atoms with Gasteiger partial charge in [-0.2, -0.15) is 18.3 Å². The van der Waals surface area contributed by atoms with Gasteiger partial charge in [0.2, 0.25) is 0 Å². The zero-order valence-corrected chi connectivity index (χ0v) is 15.1. The molecule has 0 aliphatic carbocycles. The van der Waals surface area contributed by atoms with E-state index in [2.05, 4.69) is 26.5 Å². The Bertz CT molecular complexity index is 838. The molecule has 0 fully saturated rings. The number of halogens is 4.